The lowest BCUT2D eigenvalue weighted by Gasteiger charge is -2.15. The van der Waals surface area contributed by atoms with Gasteiger partial charge in [0.2, 0.25) is 5.95 Å². The number of anilines is 2. The first-order chi connectivity index (χ1) is 14.8. The van der Waals surface area contributed by atoms with Crippen molar-refractivity contribution in [1.29, 1.82) is 0 Å². The Bertz CT molecular complexity index is 1110. The van der Waals surface area contributed by atoms with E-state index in [0.29, 0.717) is 18.1 Å². The van der Waals surface area contributed by atoms with Gasteiger partial charge in [-0.05, 0) is 49.8 Å². The second-order valence-electron chi connectivity index (χ2n) is 7.55. The van der Waals surface area contributed by atoms with Gasteiger partial charge in [-0.3, -0.25) is 9.59 Å². The summed E-state index contributed by atoms with van der Waals surface area (Å²) in [6.45, 7) is 7.59. The van der Waals surface area contributed by atoms with E-state index in [9.17, 15) is 9.59 Å². The summed E-state index contributed by atoms with van der Waals surface area (Å²) < 4.78 is 6.73. The van der Waals surface area contributed by atoms with Gasteiger partial charge in [-0.1, -0.05) is 32.0 Å². The van der Waals surface area contributed by atoms with E-state index >= 15 is 0 Å². The monoisotopic (exact) mass is 424 g/mol. The molecule has 9 heteroatoms. The molecule has 0 aliphatic carbocycles. The Balaban J connectivity index is 1.55. The molecule has 3 rings (SSSR count). The first-order valence-electron chi connectivity index (χ1n) is 10.3. The number of benzene rings is 1. The van der Waals surface area contributed by atoms with Crippen LogP contribution in [0, 0.1) is 13.8 Å². The summed E-state index contributed by atoms with van der Waals surface area (Å²) in [5, 5.41) is 6.96. The number of aryl methyl sites for hydroxylation is 2. The first kappa shape index (κ1) is 22.2. The van der Waals surface area contributed by atoms with Crippen molar-refractivity contribution in [1.82, 2.24) is 19.6 Å². The highest BCUT2D eigenvalue weighted by atomic mass is 16.5. The zero-order chi connectivity index (χ0) is 22.5. The summed E-state index contributed by atoms with van der Waals surface area (Å²) in [5.74, 6) is 0.0671. The number of esters is 1. The molecule has 1 aromatic carbocycles. The number of amides is 1. The second-order valence-corrected chi connectivity index (χ2v) is 7.55. The third-order valence-corrected chi connectivity index (χ3v) is 5.39. The van der Waals surface area contributed by atoms with Crippen molar-refractivity contribution in [2.45, 2.75) is 52.9 Å². The van der Waals surface area contributed by atoms with E-state index in [-0.39, 0.29) is 24.9 Å². The maximum absolute atomic E-state index is 12.3. The molecule has 0 aliphatic heterocycles. The first-order valence-corrected chi connectivity index (χ1v) is 10.3. The third kappa shape index (κ3) is 5.17. The number of carbonyl (C=O) groups excluding carboxylic acids is 2. The molecule has 9 nitrogen and oxygen atoms in total. The van der Waals surface area contributed by atoms with Crippen LogP contribution in [0.3, 0.4) is 0 Å². The molecule has 3 N–H and O–H groups in total. The number of rotatable bonds is 8. The fourth-order valence-electron chi connectivity index (χ4n) is 3.48. The van der Waals surface area contributed by atoms with Crippen molar-refractivity contribution < 1.29 is 14.3 Å². The van der Waals surface area contributed by atoms with Crippen LogP contribution in [0.4, 0.5) is 11.6 Å². The Hall–Kier alpha value is -3.49. The van der Waals surface area contributed by atoms with Crippen LogP contribution in [-0.4, -0.2) is 38.1 Å². The normalized spacial score (nSPS) is 12.0. The van der Waals surface area contributed by atoms with Crippen LogP contribution >= 0.6 is 0 Å². The largest absolute Gasteiger partial charge is 0.456 e. The Morgan fingerprint density at radius 1 is 1.23 bits per heavy atom. The number of hydrogen-bond donors (Lipinski definition) is 2. The summed E-state index contributed by atoms with van der Waals surface area (Å²) in [6, 6.07) is 7.66. The van der Waals surface area contributed by atoms with Gasteiger partial charge in [0, 0.05) is 23.5 Å². The van der Waals surface area contributed by atoms with Crippen molar-refractivity contribution in [3.63, 3.8) is 0 Å². The summed E-state index contributed by atoms with van der Waals surface area (Å²) in [6.07, 6.45) is 1.50. The van der Waals surface area contributed by atoms with Gasteiger partial charge >= 0.3 is 5.97 Å². The molecule has 0 fully saturated rings. The molecule has 1 amide bonds. The van der Waals surface area contributed by atoms with Crippen LogP contribution in [0.1, 0.15) is 55.1 Å². The maximum Gasteiger partial charge on any atom is 0.306 e. The van der Waals surface area contributed by atoms with E-state index in [1.165, 1.54) is 0 Å². The molecule has 0 bridgehead atoms. The van der Waals surface area contributed by atoms with Crippen LogP contribution in [0.15, 0.2) is 24.3 Å². The lowest BCUT2D eigenvalue weighted by atomic mass is 9.97. The zero-order valence-electron chi connectivity index (χ0n) is 18.3. The molecular weight excluding hydrogens is 396 g/mol. The molecule has 0 saturated heterocycles. The SMILES string of the molecule is CC[C@@H](C)c1ccccc1NC(=O)COC(=O)CCc1c(C)nc2nc(N)nn2c1C. The average molecular weight is 425 g/mol. The van der Waals surface area contributed by atoms with E-state index in [1.807, 2.05) is 38.1 Å². The molecule has 0 aliphatic rings. The van der Waals surface area contributed by atoms with Crippen LogP contribution < -0.4 is 11.1 Å². The number of nitrogens with two attached hydrogens (primary N) is 1. The van der Waals surface area contributed by atoms with Gasteiger partial charge in [-0.2, -0.15) is 9.50 Å². The van der Waals surface area contributed by atoms with Crippen LogP contribution in [0.2, 0.25) is 0 Å². The molecular formula is C22H28N6O3. The Labute approximate surface area is 181 Å². The molecule has 2 aromatic heterocycles. The van der Waals surface area contributed by atoms with E-state index in [0.717, 1.165) is 34.6 Å². The minimum atomic E-state index is -0.456. The summed E-state index contributed by atoms with van der Waals surface area (Å²) in [4.78, 5) is 32.9. The van der Waals surface area contributed by atoms with Crippen LogP contribution in [-0.2, 0) is 20.7 Å². The van der Waals surface area contributed by atoms with Gasteiger partial charge in [-0.25, -0.2) is 4.98 Å². The lowest BCUT2D eigenvalue weighted by molar-refractivity contribution is -0.147. The number of nitrogen functional groups attached to an aromatic ring is 1. The molecule has 0 spiro atoms. The Morgan fingerprint density at radius 2 is 1.97 bits per heavy atom. The van der Waals surface area contributed by atoms with Gasteiger partial charge in [-0.15, -0.1) is 5.10 Å². The van der Waals surface area contributed by atoms with Crippen molar-refractivity contribution in [3.8, 4) is 0 Å². The predicted octanol–water partition coefficient (Wildman–Crippen LogP) is 2.95. The highest BCUT2D eigenvalue weighted by molar-refractivity contribution is 5.93. The van der Waals surface area contributed by atoms with Crippen molar-refractivity contribution >= 4 is 29.3 Å². The number of nitrogens with one attached hydrogen (secondary N) is 1. The van der Waals surface area contributed by atoms with E-state index in [2.05, 4.69) is 34.2 Å². The number of fused-ring (bicyclic) bond motifs is 1. The van der Waals surface area contributed by atoms with E-state index < -0.39 is 5.97 Å². The molecule has 2 heterocycles. The average Bonchev–Trinajstić information content (AvgIpc) is 3.12. The standard InChI is InChI=1S/C22H28N6O3/c1-5-13(2)16-8-6-7-9-18(16)25-19(29)12-31-20(30)11-10-17-14(3)24-22-26-21(23)27-28(22)15(17)4/h6-9,13H,5,10-12H2,1-4H3,(H2,23,27)(H,25,29)/t13-/m1/s1. The maximum atomic E-state index is 12.3. The number of para-hydroxylation sites is 1. The number of carbonyl (C=O) groups is 2. The van der Waals surface area contributed by atoms with Crippen LogP contribution in [0.25, 0.3) is 5.78 Å². The van der Waals surface area contributed by atoms with Crippen LogP contribution in [0.5, 0.6) is 0 Å². The second kappa shape index (κ2) is 9.55. The lowest BCUT2D eigenvalue weighted by Crippen LogP contribution is -2.22. The van der Waals surface area contributed by atoms with Gasteiger partial charge in [0.15, 0.2) is 6.61 Å². The van der Waals surface area contributed by atoms with Crippen molar-refractivity contribution in [2.24, 2.45) is 0 Å². The molecule has 0 radical (unpaired) electrons. The highest BCUT2D eigenvalue weighted by Crippen LogP contribution is 2.26. The summed E-state index contributed by atoms with van der Waals surface area (Å²) in [5.41, 5.74) is 9.90. The summed E-state index contributed by atoms with van der Waals surface area (Å²) >= 11 is 0. The van der Waals surface area contributed by atoms with Gasteiger partial charge < -0.3 is 15.8 Å². The molecule has 31 heavy (non-hydrogen) atoms. The predicted molar refractivity (Wildman–Crippen MR) is 118 cm³/mol. The molecule has 0 saturated carbocycles. The molecule has 3 aromatic rings. The van der Waals surface area contributed by atoms with Crippen molar-refractivity contribution in [3.05, 3.63) is 46.8 Å². The fraction of sp³-hybridized carbons (Fsp3) is 0.409. The zero-order valence-corrected chi connectivity index (χ0v) is 18.3. The number of hydrogen-bond acceptors (Lipinski definition) is 7. The summed E-state index contributed by atoms with van der Waals surface area (Å²) in [7, 11) is 0. The molecule has 164 valence electrons. The minimum Gasteiger partial charge on any atom is -0.456 e. The number of ether oxygens (including phenoxy) is 1. The van der Waals surface area contributed by atoms with Gasteiger partial charge in [0.25, 0.3) is 11.7 Å². The highest BCUT2D eigenvalue weighted by Gasteiger charge is 2.16. The number of aromatic nitrogens is 4. The Kier molecular flexibility index (Phi) is 6.84. The molecule has 1 atom stereocenters. The molecule has 0 unspecified atom stereocenters. The topological polar surface area (TPSA) is 124 Å². The fourth-order valence-corrected chi connectivity index (χ4v) is 3.48. The Morgan fingerprint density at radius 3 is 2.71 bits per heavy atom. The minimum absolute atomic E-state index is 0.121. The van der Waals surface area contributed by atoms with E-state index in [4.69, 9.17) is 10.5 Å². The smallest absolute Gasteiger partial charge is 0.306 e. The van der Waals surface area contributed by atoms with Crippen molar-refractivity contribution in [2.75, 3.05) is 17.7 Å². The quantitative estimate of drug-likeness (QED) is 0.533. The van der Waals surface area contributed by atoms with Gasteiger partial charge in [0.1, 0.15) is 0 Å². The van der Waals surface area contributed by atoms with E-state index in [1.54, 1.807) is 4.52 Å². The third-order valence-electron chi connectivity index (χ3n) is 5.39. The van der Waals surface area contributed by atoms with Gasteiger partial charge in [0.05, 0.1) is 0 Å². The number of nitrogens with zero attached hydrogens (tertiary/aromatic N) is 4.